The molecule has 1 rings (SSSR count). The molecule has 0 spiro atoms. The second kappa shape index (κ2) is 5.32. The predicted molar refractivity (Wildman–Crippen MR) is 64.1 cm³/mol. The molecule has 0 aliphatic carbocycles. The van der Waals surface area contributed by atoms with E-state index in [0.29, 0.717) is 23.6 Å². The van der Waals surface area contributed by atoms with Gasteiger partial charge in [-0.1, -0.05) is 0 Å². The van der Waals surface area contributed by atoms with E-state index in [4.69, 9.17) is 10.5 Å². The lowest BCUT2D eigenvalue weighted by molar-refractivity contribution is 0.199. The van der Waals surface area contributed by atoms with Crippen molar-refractivity contribution in [1.29, 1.82) is 0 Å². The van der Waals surface area contributed by atoms with Gasteiger partial charge in [-0.25, -0.2) is 8.42 Å². The Kier molecular flexibility index (Phi) is 4.32. The molecule has 16 heavy (non-hydrogen) atoms. The van der Waals surface area contributed by atoms with E-state index >= 15 is 0 Å². The minimum Gasteiger partial charge on any atom is -0.399 e. The molecule has 0 fully saturated rings. The molecule has 0 radical (unpaired) electrons. The average molecular weight is 243 g/mol. The highest BCUT2D eigenvalue weighted by Crippen LogP contribution is 2.18. The van der Waals surface area contributed by atoms with Crippen LogP contribution >= 0.6 is 0 Å². The Morgan fingerprint density at radius 3 is 2.62 bits per heavy atom. The number of hydrogen-bond donors (Lipinski definition) is 1. The summed E-state index contributed by atoms with van der Waals surface area (Å²) in [7, 11) is -1.65. The Morgan fingerprint density at radius 2 is 2.06 bits per heavy atom. The molecule has 1 aromatic rings. The van der Waals surface area contributed by atoms with E-state index in [1.807, 2.05) is 0 Å². The fraction of sp³-hybridized carbons (Fsp3) is 0.455. The van der Waals surface area contributed by atoms with Crippen LogP contribution in [0.15, 0.2) is 23.1 Å². The highest BCUT2D eigenvalue weighted by atomic mass is 32.2. The molecule has 5 heteroatoms. The van der Waals surface area contributed by atoms with Crippen molar-refractivity contribution in [3.05, 3.63) is 23.8 Å². The fourth-order valence-electron chi connectivity index (χ4n) is 1.35. The van der Waals surface area contributed by atoms with Gasteiger partial charge in [0.05, 0.1) is 10.6 Å². The summed E-state index contributed by atoms with van der Waals surface area (Å²) in [6.45, 7) is 2.25. The van der Waals surface area contributed by atoms with E-state index < -0.39 is 9.84 Å². The van der Waals surface area contributed by atoms with Gasteiger partial charge in [-0.05, 0) is 37.1 Å². The van der Waals surface area contributed by atoms with Crippen molar-refractivity contribution in [3.63, 3.8) is 0 Å². The molecule has 0 unspecified atom stereocenters. The number of nitrogens with two attached hydrogens (primary N) is 1. The first-order valence-corrected chi connectivity index (χ1v) is 6.70. The minimum absolute atomic E-state index is 0.101. The number of ether oxygens (including phenoxy) is 1. The molecule has 0 bridgehead atoms. The number of aryl methyl sites for hydroxylation is 1. The van der Waals surface area contributed by atoms with Crippen LogP contribution < -0.4 is 5.73 Å². The molecule has 0 aliphatic rings. The normalized spacial score (nSPS) is 11.6. The maximum atomic E-state index is 11.9. The summed E-state index contributed by atoms with van der Waals surface area (Å²) >= 11 is 0. The molecular formula is C11H17NO3S. The van der Waals surface area contributed by atoms with E-state index in [2.05, 4.69) is 0 Å². The van der Waals surface area contributed by atoms with Gasteiger partial charge in [0.1, 0.15) is 0 Å². The summed E-state index contributed by atoms with van der Waals surface area (Å²) in [6, 6.07) is 4.78. The van der Waals surface area contributed by atoms with Crippen LogP contribution in [-0.4, -0.2) is 27.9 Å². The van der Waals surface area contributed by atoms with Crippen LogP contribution in [0.1, 0.15) is 12.0 Å². The topological polar surface area (TPSA) is 69.4 Å². The van der Waals surface area contributed by atoms with Crippen molar-refractivity contribution in [2.45, 2.75) is 18.2 Å². The van der Waals surface area contributed by atoms with E-state index in [1.165, 1.54) is 0 Å². The fourth-order valence-corrected chi connectivity index (χ4v) is 2.72. The monoisotopic (exact) mass is 243 g/mol. The molecule has 0 atom stereocenters. The Hall–Kier alpha value is -1.07. The predicted octanol–water partition coefficient (Wildman–Crippen LogP) is 1.39. The first-order chi connectivity index (χ1) is 7.47. The molecule has 0 aliphatic heterocycles. The van der Waals surface area contributed by atoms with Crippen molar-refractivity contribution in [3.8, 4) is 0 Å². The van der Waals surface area contributed by atoms with E-state index in [-0.39, 0.29) is 5.75 Å². The molecule has 0 amide bonds. The second-order valence-corrected chi connectivity index (χ2v) is 5.79. The Labute approximate surface area is 96.3 Å². The van der Waals surface area contributed by atoms with E-state index in [9.17, 15) is 8.42 Å². The Balaban J connectivity index is 2.86. The van der Waals surface area contributed by atoms with Crippen molar-refractivity contribution >= 4 is 15.5 Å². The molecule has 2 N–H and O–H groups in total. The third-order valence-electron chi connectivity index (χ3n) is 2.36. The summed E-state index contributed by atoms with van der Waals surface area (Å²) in [6.07, 6.45) is 0.502. The third kappa shape index (κ3) is 3.21. The lowest BCUT2D eigenvalue weighted by Gasteiger charge is -2.06. The molecule has 0 saturated carbocycles. The van der Waals surface area contributed by atoms with Crippen molar-refractivity contribution in [1.82, 2.24) is 0 Å². The lowest BCUT2D eigenvalue weighted by Crippen LogP contribution is -2.09. The molecule has 1 aromatic carbocycles. The largest absolute Gasteiger partial charge is 0.399 e. The zero-order chi connectivity index (χ0) is 12.2. The maximum Gasteiger partial charge on any atom is 0.178 e. The van der Waals surface area contributed by atoms with Crippen LogP contribution in [0.2, 0.25) is 0 Å². The number of sulfone groups is 1. The van der Waals surface area contributed by atoms with Crippen molar-refractivity contribution in [2.24, 2.45) is 0 Å². The Morgan fingerprint density at radius 1 is 1.38 bits per heavy atom. The third-order valence-corrected chi connectivity index (χ3v) is 4.16. The standard InChI is InChI=1S/C11H17NO3S/c1-9-8-10(4-5-11(9)12)16(13,14)7-3-6-15-2/h4-5,8H,3,6-7,12H2,1-2H3. The number of nitrogen functional groups attached to an aromatic ring is 1. The zero-order valence-corrected chi connectivity index (χ0v) is 10.4. The quantitative estimate of drug-likeness (QED) is 0.626. The molecule has 0 saturated heterocycles. The van der Waals surface area contributed by atoms with Gasteiger partial charge in [0.15, 0.2) is 9.84 Å². The van der Waals surface area contributed by atoms with Gasteiger partial charge in [-0.3, -0.25) is 0 Å². The number of hydrogen-bond acceptors (Lipinski definition) is 4. The molecule has 0 heterocycles. The van der Waals surface area contributed by atoms with Gasteiger partial charge in [0.2, 0.25) is 0 Å². The smallest absolute Gasteiger partial charge is 0.178 e. The van der Waals surface area contributed by atoms with Crippen LogP contribution in [0.25, 0.3) is 0 Å². The van der Waals surface area contributed by atoms with Crippen LogP contribution in [0.3, 0.4) is 0 Å². The number of methoxy groups -OCH3 is 1. The Bertz CT molecular complexity index is 454. The zero-order valence-electron chi connectivity index (χ0n) is 9.56. The van der Waals surface area contributed by atoms with Crippen molar-refractivity contribution < 1.29 is 13.2 Å². The van der Waals surface area contributed by atoms with Gasteiger partial charge in [-0.15, -0.1) is 0 Å². The molecular weight excluding hydrogens is 226 g/mol. The van der Waals surface area contributed by atoms with Gasteiger partial charge >= 0.3 is 0 Å². The van der Waals surface area contributed by atoms with E-state index in [1.54, 1.807) is 32.2 Å². The van der Waals surface area contributed by atoms with Crippen LogP contribution in [-0.2, 0) is 14.6 Å². The SMILES string of the molecule is COCCCS(=O)(=O)c1ccc(N)c(C)c1. The van der Waals surface area contributed by atoms with Crippen LogP contribution in [0, 0.1) is 6.92 Å². The summed E-state index contributed by atoms with van der Waals surface area (Å²) in [4.78, 5) is 0.329. The van der Waals surface area contributed by atoms with Gasteiger partial charge in [0.25, 0.3) is 0 Å². The van der Waals surface area contributed by atoms with Crippen LogP contribution in [0.4, 0.5) is 5.69 Å². The van der Waals surface area contributed by atoms with Gasteiger partial charge in [0, 0.05) is 19.4 Å². The highest BCUT2D eigenvalue weighted by molar-refractivity contribution is 7.91. The second-order valence-electron chi connectivity index (χ2n) is 3.68. The number of anilines is 1. The lowest BCUT2D eigenvalue weighted by atomic mass is 10.2. The summed E-state index contributed by atoms with van der Waals surface area (Å²) < 4.78 is 28.6. The molecule has 4 nitrogen and oxygen atoms in total. The van der Waals surface area contributed by atoms with Crippen LogP contribution in [0.5, 0.6) is 0 Å². The maximum absolute atomic E-state index is 11.9. The number of rotatable bonds is 5. The minimum atomic E-state index is -3.21. The first kappa shape index (κ1) is 13.0. The summed E-state index contributed by atoms with van der Waals surface area (Å²) in [5, 5.41) is 0. The highest BCUT2D eigenvalue weighted by Gasteiger charge is 2.14. The van der Waals surface area contributed by atoms with Gasteiger partial charge < -0.3 is 10.5 Å². The number of benzene rings is 1. The molecule has 0 aromatic heterocycles. The summed E-state index contributed by atoms with van der Waals surface area (Å²) in [5.74, 6) is 0.101. The van der Waals surface area contributed by atoms with Crippen molar-refractivity contribution in [2.75, 3.05) is 25.2 Å². The average Bonchev–Trinajstić information content (AvgIpc) is 2.22. The van der Waals surface area contributed by atoms with Gasteiger partial charge in [-0.2, -0.15) is 0 Å². The van der Waals surface area contributed by atoms with E-state index in [0.717, 1.165) is 5.56 Å². The molecule has 90 valence electrons. The first-order valence-electron chi connectivity index (χ1n) is 5.05. The summed E-state index contributed by atoms with van der Waals surface area (Å²) in [5.41, 5.74) is 7.03.